The summed E-state index contributed by atoms with van der Waals surface area (Å²) in [6.45, 7) is 11.5. The number of hydrogen-bond acceptors (Lipinski definition) is 1. The minimum atomic E-state index is 0.249. The van der Waals surface area contributed by atoms with Gasteiger partial charge >= 0.3 is 0 Å². The van der Waals surface area contributed by atoms with Crippen molar-refractivity contribution >= 4 is 10.8 Å². The van der Waals surface area contributed by atoms with E-state index in [0.29, 0.717) is 17.6 Å². The van der Waals surface area contributed by atoms with E-state index in [1.807, 2.05) is 12.1 Å². The smallest absolute Gasteiger partial charge is 0.116 e. The molecule has 1 atom stereocenters. The predicted molar refractivity (Wildman–Crippen MR) is 82.6 cm³/mol. The first-order chi connectivity index (χ1) is 8.79. The van der Waals surface area contributed by atoms with Crippen LogP contribution in [0.15, 0.2) is 36.4 Å². The molecule has 0 aliphatic rings. The standard InChI is InChI=1S/C18H24O/c1-12(2)17(18(3,4)5)15-7-6-14-11-16(19)9-8-13(14)10-15/h6-12,17,19H,1-5H3. The van der Waals surface area contributed by atoms with Crippen LogP contribution in [0.5, 0.6) is 5.75 Å². The number of benzene rings is 2. The molecule has 1 heteroatoms. The average Bonchev–Trinajstić information content (AvgIpc) is 2.27. The van der Waals surface area contributed by atoms with E-state index in [1.54, 1.807) is 6.07 Å². The highest BCUT2D eigenvalue weighted by molar-refractivity contribution is 5.84. The zero-order chi connectivity index (χ0) is 14.2. The lowest BCUT2D eigenvalue weighted by atomic mass is 9.70. The minimum Gasteiger partial charge on any atom is -0.508 e. The van der Waals surface area contributed by atoms with Crippen molar-refractivity contribution in [2.24, 2.45) is 11.3 Å². The first-order valence-electron chi connectivity index (χ1n) is 7.02. The molecule has 0 saturated heterocycles. The number of phenols is 1. The summed E-state index contributed by atoms with van der Waals surface area (Å²) < 4.78 is 0. The fourth-order valence-electron chi connectivity index (χ4n) is 3.33. The second-order valence-electron chi connectivity index (χ2n) is 6.88. The molecule has 0 radical (unpaired) electrons. The van der Waals surface area contributed by atoms with Gasteiger partial charge in [0.25, 0.3) is 0 Å². The van der Waals surface area contributed by atoms with Crippen molar-refractivity contribution in [3.63, 3.8) is 0 Å². The van der Waals surface area contributed by atoms with Crippen LogP contribution in [0.2, 0.25) is 0 Å². The van der Waals surface area contributed by atoms with Gasteiger partial charge in [-0.3, -0.25) is 0 Å². The summed E-state index contributed by atoms with van der Waals surface area (Å²) in [5.41, 5.74) is 1.64. The van der Waals surface area contributed by atoms with Crippen LogP contribution in [-0.2, 0) is 0 Å². The van der Waals surface area contributed by atoms with Gasteiger partial charge in [0, 0.05) is 0 Å². The van der Waals surface area contributed by atoms with Crippen molar-refractivity contribution in [2.75, 3.05) is 0 Å². The molecular weight excluding hydrogens is 232 g/mol. The molecule has 19 heavy (non-hydrogen) atoms. The number of aromatic hydroxyl groups is 1. The topological polar surface area (TPSA) is 20.2 Å². The Bertz CT molecular complexity index is 576. The molecule has 2 aromatic carbocycles. The monoisotopic (exact) mass is 256 g/mol. The van der Waals surface area contributed by atoms with Crippen LogP contribution in [0.25, 0.3) is 10.8 Å². The second kappa shape index (κ2) is 4.88. The molecule has 2 aromatic rings. The van der Waals surface area contributed by atoms with E-state index >= 15 is 0 Å². The number of phenolic OH excluding ortho intramolecular Hbond substituents is 1. The summed E-state index contributed by atoms with van der Waals surface area (Å²) in [5.74, 6) is 1.47. The van der Waals surface area contributed by atoms with E-state index in [2.05, 4.69) is 52.8 Å². The third kappa shape index (κ3) is 2.91. The van der Waals surface area contributed by atoms with Crippen LogP contribution in [0.1, 0.15) is 46.1 Å². The van der Waals surface area contributed by atoms with E-state index in [4.69, 9.17) is 0 Å². The fraction of sp³-hybridized carbons (Fsp3) is 0.444. The van der Waals surface area contributed by atoms with E-state index in [1.165, 1.54) is 10.9 Å². The van der Waals surface area contributed by atoms with Crippen molar-refractivity contribution in [1.29, 1.82) is 0 Å². The van der Waals surface area contributed by atoms with Crippen LogP contribution >= 0.6 is 0 Å². The summed E-state index contributed by atoms with van der Waals surface area (Å²) in [6, 6.07) is 12.2. The van der Waals surface area contributed by atoms with Crippen LogP contribution in [0, 0.1) is 11.3 Å². The molecule has 2 rings (SSSR count). The molecule has 102 valence electrons. The first kappa shape index (κ1) is 13.9. The van der Waals surface area contributed by atoms with E-state index in [-0.39, 0.29) is 5.41 Å². The molecule has 0 heterocycles. The van der Waals surface area contributed by atoms with Crippen molar-refractivity contribution in [3.8, 4) is 5.75 Å². The highest BCUT2D eigenvalue weighted by Crippen LogP contribution is 2.41. The van der Waals surface area contributed by atoms with Crippen molar-refractivity contribution in [3.05, 3.63) is 42.0 Å². The molecule has 0 aliphatic heterocycles. The summed E-state index contributed by atoms with van der Waals surface area (Å²) >= 11 is 0. The molecule has 0 saturated carbocycles. The number of hydrogen-bond donors (Lipinski definition) is 1. The van der Waals surface area contributed by atoms with Gasteiger partial charge in [0.1, 0.15) is 5.75 Å². The molecule has 1 nitrogen and oxygen atoms in total. The van der Waals surface area contributed by atoms with Crippen molar-refractivity contribution < 1.29 is 5.11 Å². The molecule has 0 fully saturated rings. The predicted octanol–water partition coefficient (Wildman–Crippen LogP) is 5.33. The highest BCUT2D eigenvalue weighted by atomic mass is 16.3. The molecule has 0 spiro atoms. The van der Waals surface area contributed by atoms with Gasteiger partial charge in [-0.25, -0.2) is 0 Å². The van der Waals surface area contributed by atoms with Gasteiger partial charge in [0.15, 0.2) is 0 Å². The Morgan fingerprint density at radius 2 is 1.47 bits per heavy atom. The molecule has 1 N–H and O–H groups in total. The maximum absolute atomic E-state index is 9.53. The highest BCUT2D eigenvalue weighted by Gasteiger charge is 2.28. The minimum absolute atomic E-state index is 0.249. The normalized spacial score (nSPS) is 14.0. The maximum atomic E-state index is 9.53. The Labute approximate surface area is 116 Å². The molecular formula is C18H24O. The lowest BCUT2D eigenvalue weighted by molar-refractivity contribution is 0.258. The van der Waals surface area contributed by atoms with Crippen LogP contribution in [-0.4, -0.2) is 5.11 Å². The third-order valence-electron chi connectivity index (χ3n) is 3.81. The SMILES string of the molecule is CC(C)C(c1ccc2cc(O)ccc2c1)C(C)(C)C. The Morgan fingerprint density at radius 1 is 0.895 bits per heavy atom. The largest absolute Gasteiger partial charge is 0.508 e. The molecule has 0 aliphatic carbocycles. The number of rotatable bonds is 2. The van der Waals surface area contributed by atoms with Crippen LogP contribution in [0.3, 0.4) is 0 Å². The van der Waals surface area contributed by atoms with Crippen LogP contribution in [0.4, 0.5) is 0 Å². The first-order valence-corrected chi connectivity index (χ1v) is 7.02. The van der Waals surface area contributed by atoms with E-state index in [0.717, 1.165) is 5.39 Å². The fourth-order valence-corrected chi connectivity index (χ4v) is 3.33. The van der Waals surface area contributed by atoms with Gasteiger partial charge in [-0.05, 0) is 45.7 Å². The average molecular weight is 256 g/mol. The Kier molecular flexibility index (Phi) is 3.58. The maximum Gasteiger partial charge on any atom is 0.116 e. The number of fused-ring (bicyclic) bond motifs is 1. The van der Waals surface area contributed by atoms with Gasteiger partial charge in [-0.2, -0.15) is 0 Å². The van der Waals surface area contributed by atoms with E-state index < -0.39 is 0 Å². The van der Waals surface area contributed by atoms with E-state index in [9.17, 15) is 5.11 Å². The lowest BCUT2D eigenvalue weighted by Gasteiger charge is -2.34. The van der Waals surface area contributed by atoms with Gasteiger partial charge in [0.05, 0.1) is 0 Å². The summed E-state index contributed by atoms with van der Waals surface area (Å²) in [4.78, 5) is 0. The zero-order valence-corrected chi connectivity index (χ0v) is 12.6. The van der Waals surface area contributed by atoms with Gasteiger partial charge in [-0.15, -0.1) is 0 Å². The van der Waals surface area contributed by atoms with Gasteiger partial charge in [0.2, 0.25) is 0 Å². The molecule has 0 bridgehead atoms. The Morgan fingerprint density at radius 3 is 2.05 bits per heavy atom. The second-order valence-corrected chi connectivity index (χ2v) is 6.88. The molecule has 0 aromatic heterocycles. The molecule has 1 unspecified atom stereocenters. The lowest BCUT2D eigenvalue weighted by Crippen LogP contribution is -2.23. The summed E-state index contributed by atoms with van der Waals surface area (Å²) in [6.07, 6.45) is 0. The van der Waals surface area contributed by atoms with Crippen molar-refractivity contribution in [2.45, 2.75) is 40.5 Å². The Balaban J connectivity index is 2.53. The summed E-state index contributed by atoms with van der Waals surface area (Å²) in [7, 11) is 0. The zero-order valence-electron chi connectivity index (χ0n) is 12.6. The van der Waals surface area contributed by atoms with Crippen molar-refractivity contribution in [1.82, 2.24) is 0 Å². The third-order valence-corrected chi connectivity index (χ3v) is 3.81. The van der Waals surface area contributed by atoms with Crippen LogP contribution < -0.4 is 0 Å². The summed E-state index contributed by atoms with van der Waals surface area (Å²) in [5, 5.41) is 11.8. The Hall–Kier alpha value is -1.50. The quantitative estimate of drug-likeness (QED) is 0.769. The van der Waals surface area contributed by atoms with Gasteiger partial charge in [-0.1, -0.05) is 58.9 Å². The molecule has 0 amide bonds. The van der Waals surface area contributed by atoms with Gasteiger partial charge < -0.3 is 5.11 Å².